The van der Waals surface area contributed by atoms with Gasteiger partial charge in [-0.3, -0.25) is 4.98 Å². The van der Waals surface area contributed by atoms with Crippen LogP contribution in [0.5, 0.6) is 0 Å². The van der Waals surface area contributed by atoms with Crippen molar-refractivity contribution in [3.8, 4) is 0 Å². The Bertz CT molecular complexity index is 629. The average molecular weight is 325 g/mol. The summed E-state index contributed by atoms with van der Waals surface area (Å²) in [5.41, 5.74) is 1.26. The molecule has 6 heteroatoms. The minimum Gasteiger partial charge on any atom is -0.478 e. The Morgan fingerprint density at radius 1 is 1.53 bits per heavy atom. The number of nitrogens with one attached hydrogen (secondary N) is 1. The number of aliphatic hydroxyl groups excluding tert-OH is 1. The molecule has 0 saturated carbocycles. The summed E-state index contributed by atoms with van der Waals surface area (Å²) in [7, 11) is 0. The molecule has 0 unspecified atom stereocenters. The van der Waals surface area contributed by atoms with E-state index in [0.717, 1.165) is 4.47 Å². The lowest BCUT2D eigenvalue weighted by Crippen LogP contribution is -2.17. The molecular weight excluding hydrogens is 312 g/mol. The first-order valence-corrected chi connectivity index (χ1v) is 6.52. The third-order valence-corrected chi connectivity index (χ3v) is 3.13. The monoisotopic (exact) mass is 324 g/mol. The zero-order chi connectivity index (χ0) is 14.0. The molecule has 0 aliphatic heterocycles. The number of pyridine rings is 1. The van der Waals surface area contributed by atoms with Crippen LogP contribution in [0.4, 0.5) is 5.69 Å². The van der Waals surface area contributed by atoms with E-state index in [4.69, 9.17) is 0 Å². The van der Waals surface area contributed by atoms with Crippen molar-refractivity contribution in [1.82, 2.24) is 4.98 Å². The van der Waals surface area contributed by atoms with E-state index in [1.165, 1.54) is 6.20 Å². The van der Waals surface area contributed by atoms with Crippen LogP contribution >= 0.6 is 15.9 Å². The van der Waals surface area contributed by atoms with Gasteiger partial charge in [-0.05, 0) is 25.1 Å². The smallest absolute Gasteiger partial charge is 0.339 e. The fourth-order valence-electron chi connectivity index (χ4n) is 1.77. The largest absolute Gasteiger partial charge is 0.478 e. The van der Waals surface area contributed by atoms with Crippen molar-refractivity contribution in [3.05, 3.63) is 34.4 Å². The van der Waals surface area contributed by atoms with Gasteiger partial charge in [-0.15, -0.1) is 0 Å². The second-order valence-corrected chi connectivity index (χ2v) is 5.16. The standard InChI is InChI=1S/C13H13BrN2O3/c1-7(17)5-16-12-9-4-8(14)2-3-11(9)15-6-10(12)13(18)19/h2-4,6-7,17H,5H2,1H3,(H,15,16)(H,18,19)/t7-/m0/s1. The van der Waals surface area contributed by atoms with E-state index in [-0.39, 0.29) is 12.1 Å². The van der Waals surface area contributed by atoms with E-state index in [9.17, 15) is 15.0 Å². The van der Waals surface area contributed by atoms with E-state index in [2.05, 4.69) is 26.2 Å². The second kappa shape index (κ2) is 5.54. The lowest BCUT2D eigenvalue weighted by molar-refractivity contribution is 0.0697. The van der Waals surface area contributed by atoms with Gasteiger partial charge < -0.3 is 15.5 Å². The minimum atomic E-state index is -1.05. The molecule has 3 N–H and O–H groups in total. The van der Waals surface area contributed by atoms with Gasteiger partial charge in [0.25, 0.3) is 0 Å². The topological polar surface area (TPSA) is 82.5 Å². The predicted molar refractivity (Wildman–Crippen MR) is 76.6 cm³/mol. The lowest BCUT2D eigenvalue weighted by Gasteiger charge is -2.14. The number of benzene rings is 1. The number of carboxylic acids is 1. The molecule has 0 fully saturated rings. The van der Waals surface area contributed by atoms with Crippen molar-refractivity contribution in [2.45, 2.75) is 13.0 Å². The molecule has 19 heavy (non-hydrogen) atoms. The van der Waals surface area contributed by atoms with Gasteiger partial charge in [0.2, 0.25) is 0 Å². The summed E-state index contributed by atoms with van der Waals surface area (Å²) < 4.78 is 0.837. The first-order valence-electron chi connectivity index (χ1n) is 5.72. The van der Waals surface area contributed by atoms with Gasteiger partial charge in [0.15, 0.2) is 0 Å². The fourth-order valence-corrected chi connectivity index (χ4v) is 2.13. The SMILES string of the molecule is C[C@H](O)CNc1c(C(=O)O)cnc2ccc(Br)cc12. The molecule has 1 atom stereocenters. The summed E-state index contributed by atoms with van der Waals surface area (Å²) in [6, 6.07) is 5.45. The number of fused-ring (bicyclic) bond motifs is 1. The van der Waals surface area contributed by atoms with Crippen LogP contribution in [0, 0.1) is 0 Å². The molecule has 0 aliphatic carbocycles. The number of aromatic carboxylic acids is 1. The van der Waals surface area contributed by atoms with E-state index in [0.29, 0.717) is 16.6 Å². The van der Waals surface area contributed by atoms with Crippen molar-refractivity contribution in [3.63, 3.8) is 0 Å². The molecule has 100 valence electrons. The van der Waals surface area contributed by atoms with Crippen molar-refractivity contribution >= 4 is 38.5 Å². The molecule has 1 heterocycles. The predicted octanol–water partition coefficient (Wildman–Crippen LogP) is 2.49. The minimum absolute atomic E-state index is 0.0891. The van der Waals surface area contributed by atoms with Crippen LogP contribution in [0.15, 0.2) is 28.9 Å². The first kappa shape index (κ1) is 13.8. The van der Waals surface area contributed by atoms with Crippen molar-refractivity contribution < 1.29 is 15.0 Å². The third kappa shape index (κ3) is 3.02. The molecule has 0 bridgehead atoms. The van der Waals surface area contributed by atoms with Gasteiger partial charge in [-0.25, -0.2) is 4.79 Å². The zero-order valence-electron chi connectivity index (χ0n) is 10.2. The lowest BCUT2D eigenvalue weighted by atomic mass is 10.1. The van der Waals surface area contributed by atoms with Crippen LogP contribution in [-0.4, -0.2) is 33.8 Å². The van der Waals surface area contributed by atoms with Gasteiger partial charge >= 0.3 is 5.97 Å². The maximum atomic E-state index is 11.2. The van der Waals surface area contributed by atoms with Crippen LogP contribution < -0.4 is 5.32 Å². The number of anilines is 1. The number of rotatable bonds is 4. The van der Waals surface area contributed by atoms with Crippen molar-refractivity contribution in [1.29, 1.82) is 0 Å². The zero-order valence-corrected chi connectivity index (χ0v) is 11.8. The van der Waals surface area contributed by atoms with E-state index in [1.54, 1.807) is 19.1 Å². The molecule has 1 aromatic heterocycles. The number of nitrogens with zero attached hydrogens (tertiary/aromatic N) is 1. The first-order chi connectivity index (χ1) is 8.99. The molecule has 0 aliphatic rings. The highest BCUT2D eigenvalue weighted by Crippen LogP contribution is 2.28. The van der Waals surface area contributed by atoms with Crippen molar-refractivity contribution in [2.75, 3.05) is 11.9 Å². The molecule has 2 aromatic rings. The van der Waals surface area contributed by atoms with Gasteiger partial charge in [-0.1, -0.05) is 15.9 Å². The molecule has 0 radical (unpaired) electrons. The normalized spacial score (nSPS) is 12.4. The molecule has 0 spiro atoms. The maximum Gasteiger partial charge on any atom is 0.339 e. The summed E-state index contributed by atoms with van der Waals surface area (Å²) in [4.78, 5) is 15.4. The van der Waals surface area contributed by atoms with Crippen LogP contribution in [0.3, 0.4) is 0 Å². The summed E-state index contributed by atoms with van der Waals surface area (Å²) in [6.07, 6.45) is 0.750. The van der Waals surface area contributed by atoms with Gasteiger partial charge in [0, 0.05) is 22.6 Å². The van der Waals surface area contributed by atoms with Crippen LogP contribution in [0.1, 0.15) is 17.3 Å². The number of hydrogen-bond donors (Lipinski definition) is 3. The Morgan fingerprint density at radius 3 is 2.89 bits per heavy atom. The van der Waals surface area contributed by atoms with Gasteiger partial charge in [0.1, 0.15) is 5.56 Å². The van der Waals surface area contributed by atoms with Crippen molar-refractivity contribution in [2.24, 2.45) is 0 Å². The second-order valence-electron chi connectivity index (χ2n) is 4.24. The van der Waals surface area contributed by atoms with Crippen LogP contribution in [-0.2, 0) is 0 Å². The molecule has 0 saturated heterocycles. The number of carbonyl (C=O) groups is 1. The summed E-state index contributed by atoms with van der Waals surface area (Å²) in [6.45, 7) is 1.90. The highest BCUT2D eigenvalue weighted by atomic mass is 79.9. The molecule has 1 aromatic carbocycles. The third-order valence-electron chi connectivity index (χ3n) is 2.63. The Morgan fingerprint density at radius 2 is 2.26 bits per heavy atom. The molecule has 5 nitrogen and oxygen atoms in total. The highest BCUT2D eigenvalue weighted by molar-refractivity contribution is 9.10. The quantitative estimate of drug-likeness (QED) is 0.804. The molecule has 2 rings (SSSR count). The Hall–Kier alpha value is -1.66. The molecule has 0 amide bonds. The Kier molecular flexibility index (Phi) is 4.01. The molecular formula is C13H13BrN2O3. The summed E-state index contributed by atoms with van der Waals surface area (Å²) >= 11 is 3.36. The van der Waals surface area contributed by atoms with Crippen LogP contribution in [0.2, 0.25) is 0 Å². The van der Waals surface area contributed by atoms with E-state index in [1.807, 2.05) is 6.07 Å². The number of halogens is 1. The fraction of sp³-hybridized carbons (Fsp3) is 0.231. The summed E-state index contributed by atoms with van der Waals surface area (Å²) in [5.74, 6) is -1.05. The van der Waals surface area contributed by atoms with E-state index >= 15 is 0 Å². The number of hydrogen-bond acceptors (Lipinski definition) is 4. The Balaban J connectivity index is 2.61. The van der Waals surface area contributed by atoms with Gasteiger partial charge in [0.05, 0.1) is 17.3 Å². The van der Waals surface area contributed by atoms with Crippen LogP contribution in [0.25, 0.3) is 10.9 Å². The maximum absolute atomic E-state index is 11.2. The average Bonchev–Trinajstić information content (AvgIpc) is 2.35. The highest BCUT2D eigenvalue weighted by Gasteiger charge is 2.15. The summed E-state index contributed by atoms with van der Waals surface area (Å²) in [5, 5.41) is 22.2. The van der Waals surface area contributed by atoms with Gasteiger partial charge in [-0.2, -0.15) is 0 Å². The number of aliphatic hydroxyl groups is 1. The number of aromatic nitrogens is 1. The van der Waals surface area contributed by atoms with E-state index < -0.39 is 12.1 Å². The number of carboxylic acid groups (broad SMARTS) is 1. The Labute approximate surface area is 118 Å².